The second-order valence-corrected chi connectivity index (χ2v) is 7.45. The summed E-state index contributed by atoms with van der Waals surface area (Å²) >= 11 is 0. The third-order valence-electron chi connectivity index (χ3n) is 4.82. The van der Waals surface area contributed by atoms with Gasteiger partial charge in [-0.1, -0.05) is 48.5 Å². The van der Waals surface area contributed by atoms with Crippen molar-refractivity contribution in [3.8, 4) is 16.9 Å². The summed E-state index contributed by atoms with van der Waals surface area (Å²) in [4.78, 5) is 30.9. The number of carbonyl (C=O) groups excluding carboxylic acids is 2. The molecule has 2 aromatic heterocycles. The maximum absolute atomic E-state index is 12.6. The summed E-state index contributed by atoms with van der Waals surface area (Å²) in [6.45, 7) is -0.431. The van der Waals surface area contributed by atoms with Crippen molar-refractivity contribution in [1.82, 2.24) is 14.8 Å². The summed E-state index contributed by atoms with van der Waals surface area (Å²) in [5.74, 6) is 0.0214. The molecule has 0 radical (unpaired) electrons. The van der Waals surface area contributed by atoms with Gasteiger partial charge in [-0.05, 0) is 24.3 Å². The first kappa shape index (κ1) is 21.8. The first-order valence-corrected chi connectivity index (χ1v) is 10.3. The van der Waals surface area contributed by atoms with Crippen molar-refractivity contribution < 1.29 is 14.3 Å². The second kappa shape index (κ2) is 9.78. The number of rotatable bonds is 7. The van der Waals surface area contributed by atoms with E-state index in [-0.39, 0.29) is 0 Å². The third-order valence-corrected chi connectivity index (χ3v) is 4.82. The van der Waals surface area contributed by atoms with Crippen molar-refractivity contribution in [2.24, 2.45) is 0 Å². The van der Waals surface area contributed by atoms with Crippen LogP contribution in [-0.4, -0.2) is 47.3 Å². The monoisotopic (exact) mass is 441 g/mol. The van der Waals surface area contributed by atoms with Gasteiger partial charge in [0, 0.05) is 31.9 Å². The number of nitrogens with one attached hydrogen (secondary N) is 1. The molecule has 0 fully saturated rings. The molecule has 33 heavy (non-hydrogen) atoms. The highest BCUT2D eigenvalue weighted by Crippen LogP contribution is 2.24. The molecule has 4 aromatic rings. The van der Waals surface area contributed by atoms with E-state index in [1.54, 1.807) is 27.8 Å². The van der Waals surface area contributed by atoms with Crippen molar-refractivity contribution in [3.63, 3.8) is 0 Å². The van der Waals surface area contributed by atoms with E-state index >= 15 is 0 Å². The maximum atomic E-state index is 12.6. The van der Waals surface area contributed by atoms with Crippen LogP contribution in [0.3, 0.4) is 0 Å². The Kier molecular flexibility index (Phi) is 6.45. The quantitative estimate of drug-likeness (QED) is 0.439. The average Bonchev–Trinajstić information content (AvgIpc) is 3.27. The van der Waals surface area contributed by atoms with Crippen LogP contribution in [0, 0.1) is 0 Å². The van der Waals surface area contributed by atoms with Gasteiger partial charge in [0.25, 0.3) is 5.91 Å². The Labute approximate surface area is 191 Å². The van der Waals surface area contributed by atoms with Crippen molar-refractivity contribution in [2.75, 3.05) is 30.9 Å². The second-order valence-electron chi connectivity index (χ2n) is 7.45. The predicted molar refractivity (Wildman–Crippen MR) is 126 cm³/mol. The van der Waals surface area contributed by atoms with Crippen LogP contribution in [0.2, 0.25) is 0 Å². The Balaban J connectivity index is 1.50. The lowest BCUT2D eigenvalue weighted by Gasteiger charge is -2.12. The molecule has 0 atom stereocenters. The molecule has 166 valence electrons. The number of anilines is 2. The number of ether oxygens (including phenoxy) is 1. The van der Waals surface area contributed by atoms with Crippen LogP contribution in [0.1, 0.15) is 10.4 Å². The first-order valence-electron chi connectivity index (χ1n) is 10.3. The molecular weight excluding hydrogens is 418 g/mol. The van der Waals surface area contributed by atoms with Crippen LogP contribution in [0.5, 0.6) is 0 Å². The van der Waals surface area contributed by atoms with E-state index in [1.807, 2.05) is 74.8 Å². The third kappa shape index (κ3) is 5.24. The highest BCUT2D eigenvalue weighted by molar-refractivity contribution is 5.95. The molecule has 1 amide bonds. The standard InChI is InChI=1S/C25H23N5O3/c1-29(2)22-15-19(13-14-26-22)25(32)33-17-24(31)27-23-16-21(18-9-5-3-6-10-18)28-30(23)20-11-7-4-8-12-20/h3-16H,17H2,1-2H3,(H,27,31). The topological polar surface area (TPSA) is 89.4 Å². The molecule has 0 aliphatic rings. The van der Waals surface area contributed by atoms with Crippen molar-refractivity contribution in [3.05, 3.63) is 90.6 Å². The summed E-state index contributed by atoms with van der Waals surface area (Å²) < 4.78 is 6.85. The molecule has 4 rings (SSSR count). The van der Waals surface area contributed by atoms with Crippen LogP contribution in [-0.2, 0) is 9.53 Å². The van der Waals surface area contributed by atoms with Crippen LogP contribution in [0.15, 0.2) is 85.1 Å². The number of carbonyl (C=O) groups is 2. The zero-order chi connectivity index (χ0) is 23.2. The van der Waals surface area contributed by atoms with Gasteiger partial charge in [0.1, 0.15) is 11.6 Å². The molecule has 0 aliphatic heterocycles. The van der Waals surface area contributed by atoms with Crippen LogP contribution in [0.4, 0.5) is 11.6 Å². The smallest absolute Gasteiger partial charge is 0.338 e. The SMILES string of the molecule is CN(C)c1cc(C(=O)OCC(=O)Nc2cc(-c3ccccc3)nn2-c2ccccc2)ccn1. The van der Waals surface area contributed by atoms with Gasteiger partial charge in [-0.2, -0.15) is 5.10 Å². The van der Waals surface area contributed by atoms with Crippen LogP contribution in [0.25, 0.3) is 16.9 Å². The zero-order valence-corrected chi connectivity index (χ0v) is 18.3. The number of amides is 1. The van der Waals surface area contributed by atoms with Crippen molar-refractivity contribution in [1.29, 1.82) is 0 Å². The zero-order valence-electron chi connectivity index (χ0n) is 18.3. The van der Waals surface area contributed by atoms with E-state index in [2.05, 4.69) is 15.4 Å². The fourth-order valence-corrected chi connectivity index (χ4v) is 3.17. The molecule has 1 N–H and O–H groups in total. The summed E-state index contributed by atoms with van der Waals surface area (Å²) in [5, 5.41) is 7.45. The Hall–Kier alpha value is -4.46. The molecule has 0 saturated heterocycles. The fraction of sp³-hybridized carbons (Fsp3) is 0.120. The first-order chi connectivity index (χ1) is 16.0. The number of nitrogens with zero attached hydrogens (tertiary/aromatic N) is 4. The van der Waals surface area contributed by atoms with Gasteiger partial charge in [0.05, 0.1) is 16.9 Å². The van der Waals surface area contributed by atoms with E-state index in [1.165, 1.54) is 6.20 Å². The largest absolute Gasteiger partial charge is 0.452 e. The van der Waals surface area contributed by atoms with E-state index in [4.69, 9.17) is 4.74 Å². The molecule has 2 heterocycles. The molecule has 0 saturated carbocycles. The normalized spacial score (nSPS) is 10.5. The Bertz CT molecular complexity index is 1250. The highest BCUT2D eigenvalue weighted by atomic mass is 16.5. The highest BCUT2D eigenvalue weighted by Gasteiger charge is 2.16. The summed E-state index contributed by atoms with van der Waals surface area (Å²) in [5.41, 5.74) is 2.74. The molecule has 8 nitrogen and oxygen atoms in total. The van der Waals surface area contributed by atoms with Gasteiger partial charge in [-0.25, -0.2) is 14.5 Å². The van der Waals surface area contributed by atoms with Crippen LogP contribution >= 0.6 is 0 Å². The summed E-state index contributed by atoms with van der Waals surface area (Å²) in [6.07, 6.45) is 1.52. The van der Waals surface area contributed by atoms with Gasteiger partial charge in [-0.15, -0.1) is 0 Å². The van der Waals surface area contributed by atoms with Crippen molar-refractivity contribution >= 4 is 23.5 Å². The minimum atomic E-state index is -0.600. The summed E-state index contributed by atoms with van der Waals surface area (Å²) in [6, 6.07) is 24.1. The minimum absolute atomic E-state index is 0.321. The average molecular weight is 441 g/mol. The van der Waals surface area contributed by atoms with Gasteiger partial charge in [-0.3, -0.25) is 4.79 Å². The van der Waals surface area contributed by atoms with E-state index < -0.39 is 18.5 Å². The van der Waals surface area contributed by atoms with Gasteiger partial charge in [0.2, 0.25) is 0 Å². The molecule has 0 spiro atoms. The number of para-hydroxylation sites is 1. The maximum Gasteiger partial charge on any atom is 0.338 e. The van der Waals surface area contributed by atoms with Crippen LogP contribution < -0.4 is 10.2 Å². The van der Waals surface area contributed by atoms with E-state index in [0.717, 1.165) is 11.3 Å². The predicted octanol–water partition coefficient (Wildman–Crippen LogP) is 3.80. The summed E-state index contributed by atoms with van der Waals surface area (Å²) in [7, 11) is 3.65. The molecule has 8 heteroatoms. The van der Waals surface area contributed by atoms with E-state index in [0.29, 0.717) is 22.9 Å². The number of benzene rings is 2. The molecule has 0 aliphatic carbocycles. The Morgan fingerprint density at radius 1 is 0.970 bits per heavy atom. The number of hydrogen-bond donors (Lipinski definition) is 1. The lowest BCUT2D eigenvalue weighted by atomic mass is 10.2. The number of pyridine rings is 1. The number of esters is 1. The molecule has 2 aromatic carbocycles. The molecule has 0 bridgehead atoms. The number of aromatic nitrogens is 3. The van der Waals surface area contributed by atoms with Crippen molar-refractivity contribution in [2.45, 2.75) is 0 Å². The minimum Gasteiger partial charge on any atom is -0.452 e. The van der Waals surface area contributed by atoms with Gasteiger partial charge >= 0.3 is 5.97 Å². The lowest BCUT2D eigenvalue weighted by molar-refractivity contribution is -0.119. The molecular formula is C25H23N5O3. The Morgan fingerprint density at radius 3 is 2.36 bits per heavy atom. The van der Waals surface area contributed by atoms with Gasteiger partial charge in [0.15, 0.2) is 6.61 Å². The fourth-order valence-electron chi connectivity index (χ4n) is 3.17. The van der Waals surface area contributed by atoms with Gasteiger partial charge < -0.3 is 15.0 Å². The number of hydrogen-bond acceptors (Lipinski definition) is 6. The Morgan fingerprint density at radius 2 is 1.67 bits per heavy atom. The van der Waals surface area contributed by atoms with E-state index in [9.17, 15) is 9.59 Å². The molecule has 0 unspecified atom stereocenters. The lowest BCUT2D eigenvalue weighted by Crippen LogP contribution is -2.22.